The number of aromatic nitrogens is 4. The first-order valence-electron chi connectivity index (χ1n) is 9.66. The number of para-hydroxylation sites is 2. The van der Waals surface area contributed by atoms with Crippen LogP contribution >= 0.6 is 0 Å². The Morgan fingerprint density at radius 3 is 2.65 bits per heavy atom. The highest BCUT2D eigenvalue weighted by atomic mass is 16.5. The molecule has 1 unspecified atom stereocenters. The topological polar surface area (TPSA) is 119 Å². The molecule has 0 radical (unpaired) electrons. The molecule has 0 saturated carbocycles. The number of hydrogen-bond acceptors (Lipinski definition) is 6. The van der Waals surface area contributed by atoms with Gasteiger partial charge in [0.15, 0.2) is 6.10 Å². The van der Waals surface area contributed by atoms with E-state index in [-0.39, 0.29) is 23.4 Å². The third kappa shape index (κ3) is 4.20. The Hall–Kier alpha value is -4.27. The lowest BCUT2D eigenvalue weighted by Crippen LogP contribution is -2.32. The molecule has 0 aliphatic rings. The van der Waals surface area contributed by atoms with Gasteiger partial charge in [0, 0.05) is 18.5 Å². The molecule has 0 fully saturated rings. The van der Waals surface area contributed by atoms with E-state index in [1.807, 2.05) is 6.07 Å². The second-order valence-corrected chi connectivity index (χ2v) is 6.70. The van der Waals surface area contributed by atoms with Gasteiger partial charge in [0.05, 0.1) is 16.8 Å². The average molecular weight is 417 g/mol. The molecule has 9 heteroatoms. The van der Waals surface area contributed by atoms with Gasteiger partial charge in [-0.1, -0.05) is 31.2 Å². The van der Waals surface area contributed by atoms with E-state index in [0.717, 1.165) is 0 Å². The van der Waals surface area contributed by atoms with E-state index < -0.39 is 18.0 Å². The average Bonchev–Trinajstić information content (AvgIpc) is 3.17. The van der Waals surface area contributed by atoms with Crippen LogP contribution in [0, 0.1) is 0 Å². The van der Waals surface area contributed by atoms with E-state index in [2.05, 4.69) is 20.4 Å². The SMILES string of the molecule is CCC(OC(=O)c1cccc2nccnc12)C(=O)Nc1cc(=O)n(-c2ccccc2)[nH]1. The summed E-state index contributed by atoms with van der Waals surface area (Å²) in [5, 5.41) is 5.43. The molecule has 2 aromatic carbocycles. The molecule has 31 heavy (non-hydrogen) atoms. The van der Waals surface area contributed by atoms with E-state index in [0.29, 0.717) is 16.7 Å². The number of amides is 1. The minimum atomic E-state index is -1.05. The first-order chi connectivity index (χ1) is 15.1. The van der Waals surface area contributed by atoms with E-state index in [9.17, 15) is 14.4 Å². The Morgan fingerprint density at radius 1 is 1.10 bits per heavy atom. The Labute approximate surface area is 176 Å². The molecule has 156 valence electrons. The highest BCUT2D eigenvalue weighted by Crippen LogP contribution is 2.17. The summed E-state index contributed by atoms with van der Waals surface area (Å²) in [5.41, 5.74) is 1.47. The predicted octanol–water partition coefficient (Wildman–Crippen LogP) is 2.68. The van der Waals surface area contributed by atoms with Gasteiger partial charge in [-0.2, -0.15) is 0 Å². The van der Waals surface area contributed by atoms with Gasteiger partial charge >= 0.3 is 5.97 Å². The molecule has 0 bridgehead atoms. The van der Waals surface area contributed by atoms with Crippen LogP contribution in [0.1, 0.15) is 23.7 Å². The summed E-state index contributed by atoms with van der Waals surface area (Å²) >= 11 is 0. The summed E-state index contributed by atoms with van der Waals surface area (Å²) in [6.07, 6.45) is 2.21. The Kier molecular flexibility index (Phi) is 5.57. The number of nitrogens with one attached hydrogen (secondary N) is 2. The molecular formula is C22H19N5O4. The number of esters is 1. The number of H-pyrrole nitrogens is 1. The maximum atomic E-state index is 12.7. The number of fused-ring (bicyclic) bond motifs is 1. The Bertz CT molecular complexity index is 1290. The van der Waals surface area contributed by atoms with Gasteiger partial charge in [0.2, 0.25) is 0 Å². The standard InChI is InChI=1S/C22H19N5O4/c1-2-17(31-22(30)15-9-6-10-16-20(15)24-12-11-23-16)21(29)25-18-13-19(28)27(26-18)14-7-4-3-5-8-14/h3-13,17,26H,2H2,1H3,(H,25,29). The highest BCUT2D eigenvalue weighted by molar-refractivity contribution is 6.03. The number of carbonyl (C=O) groups excluding carboxylic acids is 2. The van der Waals surface area contributed by atoms with Crippen LogP contribution < -0.4 is 10.9 Å². The van der Waals surface area contributed by atoms with Crippen molar-refractivity contribution in [2.75, 3.05) is 5.32 Å². The lowest BCUT2D eigenvalue weighted by molar-refractivity contribution is -0.124. The van der Waals surface area contributed by atoms with Crippen molar-refractivity contribution >= 4 is 28.7 Å². The van der Waals surface area contributed by atoms with Crippen LogP contribution in [0.2, 0.25) is 0 Å². The maximum Gasteiger partial charge on any atom is 0.341 e. The van der Waals surface area contributed by atoms with Crippen molar-refractivity contribution in [3.8, 4) is 5.69 Å². The van der Waals surface area contributed by atoms with Gasteiger partial charge in [-0.25, -0.2) is 9.48 Å². The fourth-order valence-electron chi connectivity index (χ4n) is 3.11. The molecule has 2 N–H and O–H groups in total. The van der Waals surface area contributed by atoms with Crippen molar-refractivity contribution in [1.29, 1.82) is 0 Å². The van der Waals surface area contributed by atoms with Crippen LogP contribution in [0.15, 0.2) is 71.8 Å². The molecule has 0 aliphatic heterocycles. The summed E-state index contributed by atoms with van der Waals surface area (Å²) in [6.45, 7) is 1.72. The van der Waals surface area contributed by atoms with Crippen LogP contribution in [-0.2, 0) is 9.53 Å². The van der Waals surface area contributed by atoms with Crippen LogP contribution in [0.3, 0.4) is 0 Å². The molecule has 2 aromatic heterocycles. The predicted molar refractivity (Wildman–Crippen MR) is 114 cm³/mol. The van der Waals surface area contributed by atoms with Gasteiger partial charge in [-0.3, -0.25) is 24.7 Å². The number of hydrogen-bond donors (Lipinski definition) is 2. The van der Waals surface area contributed by atoms with Crippen molar-refractivity contribution in [3.05, 3.63) is 82.9 Å². The highest BCUT2D eigenvalue weighted by Gasteiger charge is 2.24. The number of benzene rings is 2. The molecular weight excluding hydrogens is 398 g/mol. The molecule has 0 aliphatic carbocycles. The quantitative estimate of drug-likeness (QED) is 0.466. The zero-order valence-electron chi connectivity index (χ0n) is 16.6. The zero-order chi connectivity index (χ0) is 21.8. The lowest BCUT2D eigenvalue weighted by atomic mass is 10.1. The molecule has 0 saturated heterocycles. The van der Waals surface area contributed by atoms with Gasteiger partial charge in [-0.05, 0) is 30.7 Å². The summed E-state index contributed by atoms with van der Waals surface area (Å²) in [7, 11) is 0. The van der Waals surface area contributed by atoms with Crippen molar-refractivity contribution in [2.24, 2.45) is 0 Å². The van der Waals surface area contributed by atoms with Crippen LogP contribution in [0.4, 0.5) is 5.82 Å². The number of nitrogens with zero attached hydrogens (tertiary/aromatic N) is 3. The smallest absolute Gasteiger partial charge is 0.341 e. The molecule has 4 aromatic rings. The van der Waals surface area contributed by atoms with E-state index in [1.54, 1.807) is 49.4 Å². The minimum Gasteiger partial charge on any atom is -0.449 e. The fourth-order valence-corrected chi connectivity index (χ4v) is 3.11. The Balaban J connectivity index is 1.50. The molecule has 0 spiro atoms. The van der Waals surface area contributed by atoms with Crippen molar-refractivity contribution in [3.63, 3.8) is 0 Å². The largest absolute Gasteiger partial charge is 0.449 e. The van der Waals surface area contributed by atoms with Crippen molar-refractivity contribution in [2.45, 2.75) is 19.4 Å². The lowest BCUT2D eigenvalue weighted by Gasteiger charge is -2.16. The second kappa shape index (κ2) is 8.62. The first kappa shape index (κ1) is 20.0. The number of rotatable bonds is 6. The number of anilines is 1. The van der Waals surface area contributed by atoms with Gasteiger partial charge in [0.1, 0.15) is 11.3 Å². The van der Waals surface area contributed by atoms with Gasteiger partial charge in [0.25, 0.3) is 11.5 Å². The van der Waals surface area contributed by atoms with Crippen LogP contribution in [0.5, 0.6) is 0 Å². The van der Waals surface area contributed by atoms with Crippen LogP contribution in [0.25, 0.3) is 16.7 Å². The first-order valence-corrected chi connectivity index (χ1v) is 9.66. The summed E-state index contributed by atoms with van der Waals surface area (Å²) in [4.78, 5) is 46.0. The van der Waals surface area contributed by atoms with Gasteiger partial charge < -0.3 is 10.1 Å². The molecule has 4 rings (SSSR count). The van der Waals surface area contributed by atoms with E-state index in [1.165, 1.54) is 23.1 Å². The zero-order valence-corrected chi connectivity index (χ0v) is 16.6. The third-order valence-electron chi connectivity index (χ3n) is 4.62. The summed E-state index contributed by atoms with van der Waals surface area (Å²) < 4.78 is 6.73. The Morgan fingerprint density at radius 2 is 1.87 bits per heavy atom. The fraction of sp³-hybridized carbons (Fsp3) is 0.136. The number of ether oxygens (including phenoxy) is 1. The molecule has 9 nitrogen and oxygen atoms in total. The molecule has 2 heterocycles. The second-order valence-electron chi connectivity index (χ2n) is 6.70. The monoisotopic (exact) mass is 417 g/mol. The van der Waals surface area contributed by atoms with Crippen molar-refractivity contribution in [1.82, 2.24) is 19.7 Å². The van der Waals surface area contributed by atoms with Crippen LogP contribution in [-0.4, -0.2) is 37.7 Å². The molecule has 1 atom stereocenters. The number of carbonyl (C=O) groups is 2. The normalized spacial score (nSPS) is 11.8. The maximum absolute atomic E-state index is 12.7. The van der Waals surface area contributed by atoms with Gasteiger partial charge in [-0.15, -0.1) is 0 Å². The number of aromatic amines is 1. The van der Waals surface area contributed by atoms with E-state index in [4.69, 9.17) is 4.74 Å². The summed E-state index contributed by atoms with van der Waals surface area (Å²) in [6, 6.07) is 15.2. The van der Waals surface area contributed by atoms with E-state index >= 15 is 0 Å². The molecule has 1 amide bonds. The third-order valence-corrected chi connectivity index (χ3v) is 4.62. The minimum absolute atomic E-state index is 0.198. The van der Waals surface area contributed by atoms with Crippen molar-refractivity contribution < 1.29 is 14.3 Å². The summed E-state index contributed by atoms with van der Waals surface area (Å²) in [5.74, 6) is -1.03.